The van der Waals surface area contributed by atoms with Crippen molar-refractivity contribution < 1.29 is 41.2 Å². The molecule has 2 saturated carbocycles. The summed E-state index contributed by atoms with van der Waals surface area (Å²) < 4.78 is 73.9. The summed E-state index contributed by atoms with van der Waals surface area (Å²) in [5.74, 6) is -0.544. The van der Waals surface area contributed by atoms with Gasteiger partial charge in [0.1, 0.15) is 45.9 Å². The predicted octanol–water partition coefficient (Wildman–Crippen LogP) is 9.13. The van der Waals surface area contributed by atoms with Gasteiger partial charge in [-0.25, -0.2) is 26.9 Å². The van der Waals surface area contributed by atoms with Crippen LogP contribution in [0.1, 0.15) is 91.4 Å². The third-order valence-corrected chi connectivity index (χ3v) is 17.9. The average Bonchev–Trinajstić information content (AvgIpc) is 3.90. The number of piperazine rings is 1. The van der Waals surface area contributed by atoms with Gasteiger partial charge in [-0.15, -0.1) is 0 Å². The number of nitrogens with zero attached hydrogens (tertiary/aromatic N) is 6. The van der Waals surface area contributed by atoms with Gasteiger partial charge in [0.25, 0.3) is 21.6 Å². The molecule has 6 aromatic rings. The number of fused-ring (bicyclic) bond motifs is 1. The molecule has 0 bridgehead atoms. The number of carbonyl (C=O) groups excluding carboxylic acids is 2. The number of rotatable bonds is 17. The fourth-order valence-electron chi connectivity index (χ4n) is 12.2. The first-order valence-electron chi connectivity index (χ1n) is 26.4. The molecule has 20 heteroatoms. The minimum atomic E-state index is -4.81. The number of ketones is 1. The molecule has 404 valence electrons. The van der Waals surface area contributed by atoms with Crippen LogP contribution in [-0.2, 0) is 21.4 Å². The number of Topliss-reactive ketones (excluding diaryl/α,β-unsaturated/α-hetero) is 1. The second kappa shape index (κ2) is 20.8. The number of methoxy groups -OCH3 is 1. The summed E-state index contributed by atoms with van der Waals surface area (Å²) >= 11 is 0. The molecule has 5 heterocycles. The topological polar surface area (TPSA) is 196 Å². The number of sulfonamides is 1. The molecule has 0 radical (unpaired) electrons. The van der Waals surface area contributed by atoms with E-state index < -0.39 is 48.5 Å². The Balaban J connectivity index is 0.788. The van der Waals surface area contributed by atoms with E-state index in [1.165, 1.54) is 29.0 Å². The first kappa shape index (κ1) is 52.1. The van der Waals surface area contributed by atoms with E-state index in [0.717, 1.165) is 69.0 Å². The number of pyridine rings is 1. The van der Waals surface area contributed by atoms with E-state index >= 15 is 8.78 Å². The van der Waals surface area contributed by atoms with Crippen LogP contribution < -0.4 is 24.4 Å². The number of nitrogens with one attached hydrogen (secondary N) is 3. The SMILES string of the molecule is COc1ccc(CN2CCN(C3CC4(C3)CN(c3cc(Oc5cnc6[nH]ccc6c5)c(C(=O)NS(=O)(=O)c5ccc(NCC6(F)CCN(C7CC(=O)C7)CC6)c([N+](=O)[O-])c5)cc3F)C4)C(c3ccccc3C(C)C)C2)cc1. The van der Waals surface area contributed by atoms with Gasteiger partial charge in [0.2, 0.25) is 0 Å². The lowest BCUT2D eigenvalue weighted by Crippen LogP contribution is -2.68. The van der Waals surface area contributed by atoms with Gasteiger partial charge < -0.3 is 24.7 Å². The quantitative estimate of drug-likeness (QED) is 0.0578. The first-order valence-corrected chi connectivity index (χ1v) is 27.9. The number of nitro benzene ring substituents is 1. The van der Waals surface area contributed by atoms with E-state index in [9.17, 15) is 28.1 Å². The van der Waals surface area contributed by atoms with Crippen molar-refractivity contribution in [2.75, 3.05) is 69.7 Å². The van der Waals surface area contributed by atoms with Gasteiger partial charge in [-0.2, -0.15) is 0 Å². The Morgan fingerprint density at radius 3 is 2.42 bits per heavy atom. The number of hydrogen-bond acceptors (Lipinski definition) is 14. The number of alkyl halides is 1. The van der Waals surface area contributed by atoms with Gasteiger partial charge in [-0.05, 0) is 90.8 Å². The summed E-state index contributed by atoms with van der Waals surface area (Å²) in [7, 11) is -3.14. The summed E-state index contributed by atoms with van der Waals surface area (Å²) in [4.78, 5) is 53.1. The predicted molar refractivity (Wildman–Crippen MR) is 287 cm³/mol. The highest BCUT2D eigenvalue weighted by Gasteiger charge is 2.55. The molecule has 2 aliphatic carbocycles. The van der Waals surface area contributed by atoms with Crippen LogP contribution in [0.25, 0.3) is 11.0 Å². The fraction of sp³-hybridized carbons (Fsp3) is 0.421. The number of benzene rings is 4. The van der Waals surface area contributed by atoms with Crippen molar-refractivity contribution >= 4 is 49.8 Å². The molecule has 5 fully saturated rings. The van der Waals surface area contributed by atoms with Crippen LogP contribution in [0.2, 0.25) is 0 Å². The summed E-state index contributed by atoms with van der Waals surface area (Å²) in [6.07, 6.45) is 6.24. The number of hydrogen-bond donors (Lipinski definition) is 3. The first-order chi connectivity index (χ1) is 36.9. The third-order valence-electron chi connectivity index (χ3n) is 16.6. The third kappa shape index (κ3) is 10.7. The maximum atomic E-state index is 16.6. The Hall–Kier alpha value is -7.00. The molecular weight excluding hydrogens is 1010 g/mol. The summed E-state index contributed by atoms with van der Waals surface area (Å²) in [5.41, 5.74) is 1.77. The Kier molecular flexibility index (Phi) is 14.0. The van der Waals surface area contributed by atoms with E-state index in [4.69, 9.17) is 9.47 Å². The van der Waals surface area contributed by atoms with Crippen LogP contribution in [0, 0.1) is 21.3 Å². The highest BCUT2D eigenvalue weighted by atomic mass is 32.2. The summed E-state index contributed by atoms with van der Waals surface area (Å²) in [6, 6.07) is 26.5. The number of ether oxygens (including phenoxy) is 2. The van der Waals surface area contributed by atoms with E-state index in [2.05, 4.69) is 80.2 Å². The van der Waals surface area contributed by atoms with E-state index in [0.29, 0.717) is 62.0 Å². The van der Waals surface area contributed by atoms with Gasteiger partial charge in [-0.1, -0.05) is 50.2 Å². The number of piperidine rings is 1. The molecule has 3 saturated heterocycles. The Morgan fingerprint density at radius 1 is 0.948 bits per heavy atom. The zero-order valence-corrected chi connectivity index (χ0v) is 44.2. The normalized spacial score (nSPS) is 20.2. The van der Waals surface area contributed by atoms with Crippen LogP contribution in [0.4, 0.5) is 25.8 Å². The number of aromatic nitrogens is 2. The lowest BCUT2D eigenvalue weighted by Gasteiger charge is -2.63. The van der Waals surface area contributed by atoms with Crippen molar-refractivity contribution in [3.63, 3.8) is 0 Å². The highest BCUT2D eigenvalue weighted by molar-refractivity contribution is 7.90. The molecule has 2 aromatic heterocycles. The molecule has 1 atom stereocenters. The fourth-order valence-corrected chi connectivity index (χ4v) is 13.2. The number of likely N-dealkylation sites (tertiary alicyclic amines) is 1. The molecule has 5 aliphatic rings. The number of halogens is 2. The second-order valence-corrected chi connectivity index (χ2v) is 23.7. The Bertz CT molecular complexity index is 3330. The van der Waals surface area contributed by atoms with Crippen LogP contribution >= 0.6 is 0 Å². The molecular formula is C57H63F2N9O8S. The van der Waals surface area contributed by atoms with Crippen molar-refractivity contribution in [1.29, 1.82) is 0 Å². The average molecular weight is 1070 g/mol. The Labute approximate surface area is 446 Å². The second-order valence-electron chi connectivity index (χ2n) is 22.0. The lowest BCUT2D eigenvalue weighted by atomic mass is 9.59. The number of carbonyl (C=O) groups is 2. The summed E-state index contributed by atoms with van der Waals surface area (Å²) in [6.45, 7) is 9.77. The van der Waals surface area contributed by atoms with Crippen LogP contribution in [0.5, 0.6) is 17.2 Å². The van der Waals surface area contributed by atoms with Crippen molar-refractivity contribution in [2.24, 2.45) is 5.41 Å². The van der Waals surface area contributed by atoms with Crippen molar-refractivity contribution in [3.8, 4) is 17.2 Å². The van der Waals surface area contributed by atoms with Crippen molar-refractivity contribution in [1.82, 2.24) is 29.4 Å². The molecule has 17 nitrogen and oxygen atoms in total. The van der Waals surface area contributed by atoms with Crippen molar-refractivity contribution in [2.45, 2.75) is 93.5 Å². The standard InChI is InChI=1S/C57H63F2N9O8S/c1-36(2)45-6-4-5-7-46(45)52-32-64(31-37-8-10-42(75-3)11-9-37)20-21-67(52)40-28-56(29-40)34-66(35-56)50-27-53(76-43-22-38-14-17-60-54(38)61-30-43)47(26-48(50)58)55(70)63-77(73,74)44-12-13-49(51(25-44)68(71)72)62-33-57(59)15-18-65(19-16-57)39-23-41(69)24-39/h4-14,17,22,25-27,30,36,39-40,52,62H,15-16,18-21,23-24,28-29,31-35H2,1-3H3,(H,60,61)(H,63,70). The molecule has 77 heavy (non-hydrogen) atoms. The minimum absolute atomic E-state index is 0.0503. The number of H-pyrrole nitrogens is 1. The van der Waals surface area contributed by atoms with Crippen molar-refractivity contribution in [3.05, 3.63) is 142 Å². The minimum Gasteiger partial charge on any atom is -0.497 e. The molecule has 1 amide bonds. The van der Waals surface area contributed by atoms with Gasteiger partial charge in [0.15, 0.2) is 0 Å². The van der Waals surface area contributed by atoms with Crippen LogP contribution in [0.15, 0.2) is 108 Å². The monoisotopic (exact) mass is 1070 g/mol. The number of amides is 1. The zero-order chi connectivity index (χ0) is 53.8. The van der Waals surface area contributed by atoms with Crippen LogP contribution in [-0.4, -0.2) is 127 Å². The lowest BCUT2D eigenvalue weighted by molar-refractivity contribution is -0.384. The molecule has 11 rings (SSSR count). The summed E-state index contributed by atoms with van der Waals surface area (Å²) in [5, 5.41) is 15.8. The number of anilines is 2. The molecule has 1 unspecified atom stereocenters. The van der Waals surface area contributed by atoms with Gasteiger partial charge in [0.05, 0.1) is 34.4 Å². The van der Waals surface area contributed by atoms with Gasteiger partial charge in [0, 0.05) is 119 Å². The number of nitro groups is 1. The number of aromatic amines is 1. The van der Waals surface area contributed by atoms with Gasteiger partial charge >= 0.3 is 0 Å². The van der Waals surface area contributed by atoms with E-state index in [1.54, 1.807) is 25.4 Å². The van der Waals surface area contributed by atoms with Crippen LogP contribution in [0.3, 0.4) is 0 Å². The molecule has 4 aromatic carbocycles. The zero-order valence-electron chi connectivity index (χ0n) is 43.3. The van der Waals surface area contributed by atoms with E-state index in [1.807, 2.05) is 21.8 Å². The smallest absolute Gasteiger partial charge is 0.293 e. The molecule has 3 aliphatic heterocycles. The largest absolute Gasteiger partial charge is 0.497 e. The Morgan fingerprint density at radius 2 is 1.70 bits per heavy atom. The highest BCUT2D eigenvalue weighted by Crippen LogP contribution is 2.54. The molecule has 1 spiro atoms. The molecule has 3 N–H and O–H groups in total. The van der Waals surface area contributed by atoms with Gasteiger partial charge in [-0.3, -0.25) is 34.4 Å². The maximum absolute atomic E-state index is 16.6. The van der Waals surface area contributed by atoms with E-state index in [-0.39, 0.29) is 65.5 Å². The maximum Gasteiger partial charge on any atom is 0.293 e.